The average Bonchev–Trinajstić information content (AvgIpc) is 2.34. The summed E-state index contributed by atoms with van der Waals surface area (Å²) in [6, 6.07) is 7.69. The summed E-state index contributed by atoms with van der Waals surface area (Å²) in [5.74, 6) is 0. The summed E-state index contributed by atoms with van der Waals surface area (Å²) in [7, 11) is 0. The third kappa shape index (κ3) is 1.41. The molecule has 1 nitrogen and oxygen atoms in total. The summed E-state index contributed by atoms with van der Waals surface area (Å²) in [5.41, 5.74) is 1.98. The molecule has 0 saturated heterocycles. The van der Waals surface area contributed by atoms with E-state index in [2.05, 4.69) is 0 Å². The fourth-order valence-electron chi connectivity index (χ4n) is 1.22. The van der Waals surface area contributed by atoms with Crippen LogP contribution in [0.15, 0.2) is 30.3 Å². The molecule has 0 bridgehead atoms. The molecule has 1 unspecified atom stereocenters. The van der Waals surface area contributed by atoms with Crippen LogP contribution in [-0.4, -0.2) is 0 Å². The number of hydrogen-bond donors (Lipinski definition) is 0. The second-order valence-corrected chi connectivity index (χ2v) is 2.41. The quantitative estimate of drug-likeness (QED) is 0.385. The van der Waals surface area contributed by atoms with Crippen LogP contribution in [0.5, 0.6) is 0 Å². The molecule has 0 N–H and O–H groups in total. The number of benzene rings is 1. The van der Waals surface area contributed by atoms with E-state index in [1.54, 1.807) is 6.08 Å². The molecule has 0 heterocycles. The van der Waals surface area contributed by atoms with Crippen molar-refractivity contribution < 1.29 is 24.0 Å². The van der Waals surface area contributed by atoms with Crippen molar-refractivity contribution in [2.24, 2.45) is 0 Å². The van der Waals surface area contributed by atoms with Gasteiger partial charge in [-0.1, -0.05) is 48.1 Å². The first-order valence-corrected chi connectivity index (χ1v) is 3.31. The molecular weight excluding hydrogens is 131 g/mol. The smallest absolute Gasteiger partial charge is 0.845 e. The third-order valence-electron chi connectivity index (χ3n) is 1.75. The Morgan fingerprint density at radius 2 is 1.91 bits per heavy atom. The van der Waals surface area contributed by atoms with Crippen LogP contribution < -0.4 is 24.0 Å². The Kier molecular flexibility index (Phi) is 2.57. The minimum Gasteiger partial charge on any atom is -0.845 e. The number of hydrogen-bond acceptors (Lipinski definition) is 1. The standard InChI is InChI=1S/C9H7O.Li/c10-9-6-5-7-3-1-2-4-8(7)9;/h1-6,9H;/q-1;+1. The monoisotopic (exact) mass is 138 g/mol. The predicted molar refractivity (Wildman–Crippen MR) is 38.2 cm³/mol. The van der Waals surface area contributed by atoms with Gasteiger partial charge < -0.3 is 5.11 Å². The van der Waals surface area contributed by atoms with Crippen molar-refractivity contribution in [3.05, 3.63) is 41.5 Å². The van der Waals surface area contributed by atoms with E-state index in [-0.39, 0.29) is 18.9 Å². The van der Waals surface area contributed by atoms with E-state index in [4.69, 9.17) is 0 Å². The molecular formula is C9H7LiO. The first-order valence-electron chi connectivity index (χ1n) is 3.31. The largest absolute Gasteiger partial charge is 1.00 e. The Hall–Kier alpha value is -0.483. The van der Waals surface area contributed by atoms with E-state index in [0.29, 0.717) is 0 Å². The molecule has 1 aliphatic rings. The summed E-state index contributed by atoms with van der Waals surface area (Å²) < 4.78 is 0. The Morgan fingerprint density at radius 3 is 2.64 bits per heavy atom. The second kappa shape index (κ2) is 3.28. The van der Waals surface area contributed by atoms with Gasteiger partial charge in [-0.05, 0) is 5.56 Å². The molecule has 0 aliphatic heterocycles. The van der Waals surface area contributed by atoms with Crippen molar-refractivity contribution in [3.8, 4) is 0 Å². The fourth-order valence-corrected chi connectivity index (χ4v) is 1.22. The van der Waals surface area contributed by atoms with Crippen LogP contribution in [0.2, 0.25) is 0 Å². The van der Waals surface area contributed by atoms with Crippen LogP contribution >= 0.6 is 0 Å². The number of fused-ring (bicyclic) bond motifs is 1. The van der Waals surface area contributed by atoms with Gasteiger partial charge in [0.2, 0.25) is 0 Å². The SMILES string of the molecule is [Li+].[O-]C1C=Cc2ccccc21. The van der Waals surface area contributed by atoms with Crippen molar-refractivity contribution in [1.82, 2.24) is 0 Å². The Balaban J connectivity index is 0.000000605. The van der Waals surface area contributed by atoms with E-state index in [1.807, 2.05) is 30.3 Å². The van der Waals surface area contributed by atoms with Crippen molar-refractivity contribution in [2.45, 2.75) is 6.10 Å². The summed E-state index contributed by atoms with van der Waals surface area (Å²) in [6.45, 7) is 0. The van der Waals surface area contributed by atoms with E-state index >= 15 is 0 Å². The van der Waals surface area contributed by atoms with Gasteiger partial charge in [0.25, 0.3) is 0 Å². The van der Waals surface area contributed by atoms with Crippen LogP contribution in [0.25, 0.3) is 6.08 Å². The van der Waals surface area contributed by atoms with E-state index in [1.165, 1.54) is 0 Å². The number of rotatable bonds is 0. The summed E-state index contributed by atoms with van der Waals surface area (Å²) >= 11 is 0. The molecule has 0 aromatic heterocycles. The van der Waals surface area contributed by atoms with Crippen molar-refractivity contribution >= 4 is 6.08 Å². The zero-order valence-electron chi connectivity index (χ0n) is 6.45. The molecule has 2 rings (SSSR count). The van der Waals surface area contributed by atoms with Crippen LogP contribution in [0.4, 0.5) is 0 Å². The molecule has 0 amide bonds. The van der Waals surface area contributed by atoms with E-state index < -0.39 is 6.10 Å². The van der Waals surface area contributed by atoms with Gasteiger partial charge in [0.1, 0.15) is 0 Å². The molecule has 0 radical (unpaired) electrons. The van der Waals surface area contributed by atoms with Crippen LogP contribution in [0, 0.1) is 0 Å². The van der Waals surface area contributed by atoms with Gasteiger partial charge in [-0.2, -0.15) is 0 Å². The molecule has 11 heavy (non-hydrogen) atoms. The van der Waals surface area contributed by atoms with E-state index in [0.717, 1.165) is 11.1 Å². The van der Waals surface area contributed by atoms with Crippen LogP contribution in [0.1, 0.15) is 17.2 Å². The minimum absolute atomic E-state index is 0. The third-order valence-corrected chi connectivity index (χ3v) is 1.75. The summed E-state index contributed by atoms with van der Waals surface area (Å²) in [6.07, 6.45) is 2.94. The maximum absolute atomic E-state index is 11.1. The van der Waals surface area contributed by atoms with Gasteiger partial charge >= 0.3 is 18.9 Å². The first kappa shape index (κ1) is 8.61. The zero-order chi connectivity index (χ0) is 6.97. The molecule has 0 saturated carbocycles. The predicted octanol–water partition coefficient (Wildman–Crippen LogP) is -1.88. The Labute approximate surface area is 77.9 Å². The molecule has 1 atom stereocenters. The minimum atomic E-state index is -0.629. The van der Waals surface area contributed by atoms with Gasteiger partial charge in [-0.3, -0.25) is 0 Å². The van der Waals surface area contributed by atoms with Gasteiger partial charge in [-0.15, -0.1) is 0 Å². The van der Waals surface area contributed by atoms with Gasteiger partial charge in [0.05, 0.1) is 0 Å². The second-order valence-electron chi connectivity index (χ2n) is 2.41. The summed E-state index contributed by atoms with van der Waals surface area (Å²) in [5, 5.41) is 11.1. The fraction of sp³-hybridized carbons (Fsp3) is 0.111. The molecule has 50 valence electrons. The van der Waals surface area contributed by atoms with Crippen molar-refractivity contribution in [1.29, 1.82) is 0 Å². The molecule has 1 aliphatic carbocycles. The Bertz CT molecular complexity index is 281. The average molecular weight is 138 g/mol. The molecule has 1 aromatic rings. The zero-order valence-corrected chi connectivity index (χ0v) is 6.45. The molecule has 2 heteroatoms. The van der Waals surface area contributed by atoms with Crippen LogP contribution in [-0.2, 0) is 0 Å². The van der Waals surface area contributed by atoms with Crippen molar-refractivity contribution in [2.75, 3.05) is 0 Å². The molecule has 0 fully saturated rings. The first-order chi connectivity index (χ1) is 4.88. The maximum Gasteiger partial charge on any atom is 1.00 e. The van der Waals surface area contributed by atoms with Crippen molar-refractivity contribution in [3.63, 3.8) is 0 Å². The molecule has 1 aromatic carbocycles. The topological polar surface area (TPSA) is 23.1 Å². The van der Waals surface area contributed by atoms with Gasteiger partial charge in [-0.25, -0.2) is 0 Å². The normalized spacial score (nSPS) is 19.2. The maximum atomic E-state index is 11.1. The van der Waals surface area contributed by atoms with E-state index in [9.17, 15) is 5.11 Å². The Morgan fingerprint density at radius 1 is 1.18 bits per heavy atom. The van der Waals surface area contributed by atoms with Crippen LogP contribution in [0.3, 0.4) is 0 Å². The van der Waals surface area contributed by atoms with Gasteiger partial charge in [0.15, 0.2) is 0 Å². The molecule has 0 spiro atoms. The summed E-state index contributed by atoms with van der Waals surface area (Å²) in [4.78, 5) is 0. The van der Waals surface area contributed by atoms with Gasteiger partial charge in [0, 0.05) is 0 Å².